The van der Waals surface area contributed by atoms with E-state index in [2.05, 4.69) is 138 Å². The second kappa shape index (κ2) is 11.4. The molecule has 0 fully saturated rings. The zero-order chi connectivity index (χ0) is 34.2. The number of hydrogen-bond donors (Lipinski definition) is 0. The first-order valence-electron chi connectivity index (χ1n) is 17.5. The highest BCUT2D eigenvalue weighted by Crippen LogP contribution is 2.46. The zero-order valence-electron chi connectivity index (χ0n) is 27.9. The van der Waals surface area contributed by atoms with Crippen molar-refractivity contribution in [3.8, 4) is 39.9 Å². The Morgan fingerprint density at radius 1 is 0.404 bits per heavy atom. The molecule has 5 heteroatoms. The molecule has 8 aromatic carbocycles. The summed E-state index contributed by atoms with van der Waals surface area (Å²) in [6.45, 7) is 0. The maximum Gasteiger partial charge on any atom is 0.164 e. The van der Waals surface area contributed by atoms with E-state index < -0.39 is 0 Å². The third kappa shape index (κ3) is 4.36. The first-order valence-corrected chi connectivity index (χ1v) is 18.3. The molecule has 0 aliphatic rings. The lowest BCUT2D eigenvalue weighted by molar-refractivity contribution is 1.08. The van der Waals surface area contributed by atoms with Crippen molar-refractivity contribution < 1.29 is 0 Å². The molecule has 11 rings (SSSR count). The van der Waals surface area contributed by atoms with Gasteiger partial charge in [0.1, 0.15) is 0 Å². The molecule has 0 N–H and O–H groups in total. The highest BCUT2D eigenvalue weighted by Gasteiger charge is 2.22. The van der Waals surface area contributed by atoms with Crippen molar-refractivity contribution in [1.29, 1.82) is 0 Å². The maximum atomic E-state index is 5.22. The van der Waals surface area contributed by atoms with Gasteiger partial charge in [-0.1, -0.05) is 140 Å². The first-order chi connectivity index (χ1) is 25.8. The summed E-state index contributed by atoms with van der Waals surface area (Å²) in [6, 6.07) is 60.1. The zero-order valence-corrected chi connectivity index (χ0v) is 28.7. The lowest BCUT2D eigenvalue weighted by Crippen LogP contribution is -2.01. The van der Waals surface area contributed by atoms with E-state index in [1.54, 1.807) is 0 Å². The van der Waals surface area contributed by atoms with Gasteiger partial charge in [0.25, 0.3) is 0 Å². The monoisotopic (exact) mass is 680 g/mol. The Morgan fingerprint density at radius 3 is 1.79 bits per heavy atom. The van der Waals surface area contributed by atoms with Crippen molar-refractivity contribution in [3.63, 3.8) is 0 Å². The molecule has 3 heterocycles. The fourth-order valence-corrected chi connectivity index (χ4v) is 9.17. The van der Waals surface area contributed by atoms with Gasteiger partial charge in [0.05, 0.1) is 16.7 Å². The van der Waals surface area contributed by atoms with Crippen molar-refractivity contribution >= 4 is 74.9 Å². The smallest absolute Gasteiger partial charge is 0.164 e. The fraction of sp³-hybridized carbons (Fsp3) is 0. The van der Waals surface area contributed by atoms with E-state index in [1.165, 1.54) is 58.1 Å². The summed E-state index contributed by atoms with van der Waals surface area (Å²) < 4.78 is 4.97. The van der Waals surface area contributed by atoms with Gasteiger partial charge in [0.15, 0.2) is 17.5 Å². The van der Waals surface area contributed by atoms with Crippen molar-refractivity contribution in [2.45, 2.75) is 0 Å². The van der Waals surface area contributed by atoms with E-state index >= 15 is 0 Å². The van der Waals surface area contributed by atoms with Crippen LogP contribution in [0.4, 0.5) is 0 Å². The molecule has 0 saturated heterocycles. The Kier molecular flexibility index (Phi) is 6.39. The second-order valence-corrected chi connectivity index (χ2v) is 14.2. The van der Waals surface area contributed by atoms with Crippen LogP contribution >= 0.6 is 11.3 Å². The number of fused-ring (bicyclic) bond motifs is 10. The Balaban J connectivity index is 1.29. The molecule has 0 spiro atoms. The number of benzene rings is 8. The highest BCUT2D eigenvalue weighted by molar-refractivity contribution is 7.26. The lowest BCUT2D eigenvalue weighted by atomic mass is 9.98. The molecule has 0 saturated carbocycles. The number of rotatable bonds is 4. The summed E-state index contributed by atoms with van der Waals surface area (Å²) in [5, 5.41) is 9.74. The van der Waals surface area contributed by atoms with Crippen LogP contribution in [0.2, 0.25) is 0 Å². The average Bonchev–Trinajstić information content (AvgIpc) is 3.77. The standard InChI is InChI=1S/C47H28N4S/c1-3-15-30(16-4-1)45-48-46(31-17-5-2-6-18-31)50-47(49-45)37-28-36-33-20-10-12-25-41(33)52-44(36)43-34(37)22-13-24-39(43)51-38-23-11-9-21-35(38)42-32-19-8-7-14-29(32)26-27-40(42)51/h1-28H. The molecule has 0 unspecified atom stereocenters. The van der Waals surface area contributed by atoms with Crippen LogP contribution in [0.3, 0.4) is 0 Å². The molecular formula is C47H28N4S. The third-order valence-electron chi connectivity index (χ3n) is 10.2. The molecule has 0 aliphatic heterocycles. The van der Waals surface area contributed by atoms with Crippen LogP contribution in [0.25, 0.3) is 103 Å². The quantitative estimate of drug-likeness (QED) is 0.186. The number of thiophene rings is 1. The Morgan fingerprint density at radius 2 is 1.02 bits per heavy atom. The van der Waals surface area contributed by atoms with Crippen LogP contribution in [0.15, 0.2) is 170 Å². The van der Waals surface area contributed by atoms with Crippen LogP contribution in [-0.2, 0) is 0 Å². The maximum absolute atomic E-state index is 5.22. The van der Waals surface area contributed by atoms with Crippen LogP contribution in [0.1, 0.15) is 0 Å². The van der Waals surface area contributed by atoms with E-state index in [0.29, 0.717) is 17.5 Å². The molecule has 242 valence electrons. The minimum absolute atomic E-state index is 0.651. The Labute approximate surface area is 302 Å². The van der Waals surface area contributed by atoms with Crippen LogP contribution in [0.5, 0.6) is 0 Å². The minimum atomic E-state index is 0.651. The van der Waals surface area contributed by atoms with Crippen molar-refractivity contribution in [2.24, 2.45) is 0 Å². The normalized spacial score (nSPS) is 11.8. The van der Waals surface area contributed by atoms with E-state index in [9.17, 15) is 0 Å². The van der Waals surface area contributed by atoms with Crippen LogP contribution in [-0.4, -0.2) is 19.5 Å². The minimum Gasteiger partial charge on any atom is -0.309 e. The molecular weight excluding hydrogens is 653 g/mol. The van der Waals surface area contributed by atoms with Crippen molar-refractivity contribution in [1.82, 2.24) is 19.5 Å². The largest absolute Gasteiger partial charge is 0.309 e. The highest BCUT2D eigenvalue weighted by atomic mass is 32.1. The predicted molar refractivity (Wildman–Crippen MR) is 218 cm³/mol. The van der Waals surface area contributed by atoms with Gasteiger partial charge in [-0.3, -0.25) is 0 Å². The molecule has 0 atom stereocenters. The van der Waals surface area contributed by atoms with Gasteiger partial charge >= 0.3 is 0 Å². The second-order valence-electron chi connectivity index (χ2n) is 13.2. The molecule has 3 aromatic heterocycles. The Bertz CT molecular complexity index is 3120. The molecule has 0 amide bonds. The number of nitrogens with zero attached hydrogens (tertiary/aromatic N) is 4. The SMILES string of the molecule is c1ccc(-c2nc(-c3ccccc3)nc(-c3cc4c5ccccc5sc4c4c(-n5c6ccccc6c6c7ccccc7ccc65)cccc34)n2)cc1. The average molecular weight is 681 g/mol. The van der Waals surface area contributed by atoms with Gasteiger partial charge in [-0.2, -0.15) is 0 Å². The Hall–Kier alpha value is -6.69. The topological polar surface area (TPSA) is 43.6 Å². The summed E-state index contributed by atoms with van der Waals surface area (Å²) in [7, 11) is 0. The molecule has 52 heavy (non-hydrogen) atoms. The summed E-state index contributed by atoms with van der Waals surface area (Å²) >= 11 is 1.85. The van der Waals surface area contributed by atoms with Gasteiger partial charge in [0.2, 0.25) is 0 Å². The summed E-state index contributed by atoms with van der Waals surface area (Å²) in [4.78, 5) is 15.5. The van der Waals surface area contributed by atoms with Crippen LogP contribution < -0.4 is 0 Å². The van der Waals surface area contributed by atoms with E-state index in [0.717, 1.165) is 27.8 Å². The number of hydrogen-bond acceptors (Lipinski definition) is 4. The molecule has 0 radical (unpaired) electrons. The van der Waals surface area contributed by atoms with E-state index in [1.807, 2.05) is 47.7 Å². The lowest BCUT2D eigenvalue weighted by Gasteiger charge is -2.16. The van der Waals surface area contributed by atoms with Gasteiger partial charge in [-0.15, -0.1) is 11.3 Å². The van der Waals surface area contributed by atoms with Gasteiger partial charge in [-0.25, -0.2) is 15.0 Å². The van der Waals surface area contributed by atoms with Gasteiger partial charge in [-0.05, 0) is 46.5 Å². The predicted octanol–water partition coefficient (Wildman–Crippen LogP) is 12.6. The van der Waals surface area contributed by atoms with Gasteiger partial charge < -0.3 is 4.57 Å². The third-order valence-corrected chi connectivity index (χ3v) is 11.4. The summed E-state index contributed by atoms with van der Waals surface area (Å²) in [6.07, 6.45) is 0. The fourth-order valence-electron chi connectivity index (χ4n) is 7.92. The number of para-hydroxylation sites is 1. The van der Waals surface area contributed by atoms with Crippen molar-refractivity contribution in [2.75, 3.05) is 0 Å². The summed E-state index contributed by atoms with van der Waals surface area (Å²) in [5.74, 6) is 1.96. The van der Waals surface area contributed by atoms with E-state index in [-0.39, 0.29) is 0 Å². The number of aromatic nitrogens is 4. The first kappa shape index (κ1) is 29.1. The molecule has 11 aromatic rings. The molecule has 0 bridgehead atoms. The van der Waals surface area contributed by atoms with Gasteiger partial charge in [0, 0.05) is 53.0 Å². The summed E-state index contributed by atoms with van der Waals surface area (Å²) in [5.41, 5.74) is 6.39. The van der Waals surface area contributed by atoms with E-state index in [4.69, 9.17) is 15.0 Å². The molecule has 4 nitrogen and oxygen atoms in total. The molecule has 0 aliphatic carbocycles. The van der Waals surface area contributed by atoms with Crippen molar-refractivity contribution in [3.05, 3.63) is 170 Å². The van der Waals surface area contributed by atoms with Crippen LogP contribution in [0, 0.1) is 0 Å².